The number of nitrogens with zero attached hydrogens (tertiary/aromatic N) is 1. The monoisotopic (exact) mass is 481 g/mol. The maximum atomic E-state index is 14.3. The average molecular weight is 482 g/mol. The van der Waals surface area contributed by atoms with Crippen LogP contribution in [0.15, 0.2) is 66.7 Å². The number of hydrogen-bond donors (Lipinski definition) is 1. The zero-order valence-corrected chi connectivity index (χ0v) is 19.2. The lowest BCUT2D eigenvalue weighted by molar-refractivity contribution is -0.105. The lowest BCUT2D eigenvalue weighted by atomic mass is 9.96. The largest absolute Gasteiger partial charge is 0.505 e. The van der Waals surface area contributed by atoms with Gasteiger partial charge < -0.3 is 14.6 Å². The van der Waals surface area contributed by atoms with Gasteiger partial charge in [-0.15, -0.1) is 0 Å². The Balaban J connectivity index is 1.56. The SMILES string of the molecule is Oc1ccc(-c2c(-c3ccccc3Cl)nsc2-c2ccc(OC3CCCCO3)cc2)cc1F. The van der Waals surface area contributed by atoms with Gasteiger partial charge in [0.1, 0.15) is 5.75 Å². The minimum Gasteiger partial charge on any atom is -0.505 e. The smallest absolute Gasteiger partial charge is 0.199 e. The molecule has 0 amide bonds. The maximum absolute atomic E-state index is 14.3. The lowest BCUT2D eigenvalue weighted by Crippen LogP contribution is -2.24. The van der Waals surface area contributed by atoms with Crippen molar-refractivity contribution in [1.29, 1.82) is 0 Å². The Morgan fingerprint density at radius 3 is 2.55 bits per heavy atom. The van der Waals surface area contributed by atoms with E-state index in [0.717, 1.165) is 53.2 Å². The fraction of sp³-hybridized carbons (Fsp3) is 0.192. The molecular weight excluding hydrogens is 461 g/mol. The number of aromatic hydroxyl groups is 1. The highest BCUT2D eigenvalue weighted by Crippen LogP contribution is 2.45. The van der Waals surface area contributed by atoms with Crippen molar-refractivity contribution in [3.05, 3.63) is 77.6 Å². The van der Waals surface area contributed by atoms with E-state index in [1.54, 1.807) is 12.1 Å². The van der Waals surface area contributed by atoms with Gasteiger partial charge in [0.05, 0.1) is 22.2 Å². The fourth-order valence-corrected chi connectivity index (χ4v) is 5.04. The van der Waals surface area contributed by atoms with Crippen molar-refractivity contribution in [2.45, 2.75) is 25.6 Å². The van der Waals surface area contributed by atoms with Crippen LogP contribution in [0.2, 0.25) is 5.02 Å². The first-order valence-corrected chi connectivity index (χ1v) is 11.9. The molecule has 1 saturated heterocycles. The molecule has 2 heterocycles. The number of rotatable bonds is 5. The summed E-state index contributed by atoms with van der Waals surface area (Å²) in [5, 5.41) is 10.3. The van der Waals surface area contributed by atoms with Crippen LogP contribution in [0.1, 0.15) is 19.3 Å². The third kappa shape index (κ3) is 4.60. The summed E-state index contributed by atoms with van der Waals surface area (Å²) in [7, 11) is 0. The van der Waals surface area contributed by atoms with Gasteiger partial charge in [0, 0.05) is 17.5 Å². The predicted octanol–water partition coefficient (Wildman–Crippen LogP) is 7.55. The highest BCUT2D eigenvalue weighted by molar-refractivity contribution is 7.10. The molecule has 33 heavy (non-hydrogen) atoms. The summed E-state index contributed by atoms with van der Waals surface area (Å²) in [6, 6.07) is 19.5. The minimum absolute atomic E-state index is 0.213. The first kappa shape index (κ1) is 21.9. The zero-order chi connectivity index (χ0) is 22.8. The van der Waals surface area contributed by atoms with Gasteiger partial charge in [-0.2, -0.15) is 4.37 Å². The van der Waals surface area contributed by atoms with Crippen molar-refractivity contribution < 1.29 is 19.0 Å². The van der Waals surface area contributed by atoms with Crippen LogP contribution in [0.4, 0.5) is 4.39 Å². The number of ether oxygens (including phenoxy) is 2. The van der Waals surface area contributed by atoms with E-state index < -0.39 is 11.6 Å². The van der Waals surface area contributed by atoms with Gasteiger partial charge in [0.15, 0.2) is 17.9 Å². The van der Waals surface area contributed by atoms with Crippen molar-refractivity contribution in [3.63, 3.8) is 0 Å². The van der Waals surface area contributed by atoms with Gasteiger partial charge in [0.25, 0.3) is 0 Å². The Hall–Kier alpha value is -2.93. The van der Waals surface area contributed by atoms with Gasteiger partial charge in [-0.25, -0.2) is 4.39 Å². The van der Waals surface area contributed by atoms with Crippen molar-refractivity contribution in [1.82, 2.24) is 4.37 Å². The second kappa shape index (κ2) is 9.51. The molecule has 1 atom stereocenters. The Morgan fingerprint density at radius 2 is 1.82 bits per heavy atom. The normalized spacial score (nSPS) is 16.0. The van der Waals surface area contributed by atoms with Crippen LogP contribution in [0.3, 0.4) is 0 Å². The number of hydrogen-bond acceptors (Lipinski definition) is 5. The van der Waals surface area contributed by atoms with Crippen LogP contribution in [0.25, 0.3) is 32.8 Å². The summed E-state index contributed by atoms with van der Waals surface area (Å²) in [6.07, 6.45) is 2.84. The van der Waals surface area contributed by atoms with E-state index in [-0.39, 0.29) is 6.29 Å². The molecule has 1 aromatic heterocycles. The number of halogens is 2. The first-order chi connectivity index (χ1) is 16.1. The van der Waals surface area contributed by atoms with Gasteiger partial charge >= 0.3 is 0 Å². The summed E-state index contributed by atoms with van der Waals surface area (Å²) < 4.78 is 30.6. The number of phenolic OH excluding ortho intramolecular Hbond substituents is 1. The van der Waals surface area contributed by atoms with Crippen molar-refractivity contribution >= 4 is 23.1 Å². The van der Waals surface area contributed by atoms with Crippen molar-refractivity contribution in [3.8, 4) is 44.3 Å². The van der Waals surface area contributed by atoms with Gasteiger partial charge in [-0.1, -0.05) is 35.9 Å². The Morgan fingerprint density at radius 1 is 1.03 bits per heavy atom. The molecule has 1 aliphatic rings. The van der Waals surface area contributed by atoms with Gasteiger partial charge in [-0.3, -0.25) is 0 Å². The van der Waals surface area contributed by atoms with Crippen molar-refractivity contribution in [2.75, 3.05) is 6.61 Å². The summed E-state index contributed by atoms with van der Waals surface area (Å²) in [4.78, 5) is 0.871. The number of benzene rings is 3. The molecule has 168 valence electrons. The minimum atomic E-state index is -0.689. The second-order valence-electron chi connectivity index (χ2n) is 7.82. The Labute approximate surface area is 200 Å². The first-order valence-electron chi connectivity index (χ1n) is 10.7. The number of aromatic nitrogens is 1. The summed E-state index contributed by atoms with van der Waals surface area (Å²) in [6.45, 7) is 0.723. The van der Waals surface area contributed by atoms with Crippen LogP contribution < -0.4 is 4.74 Å². The van der Waals surface area contributed by atoms with Gasteiger partial charge in [0.2, 0.25) is 0 Å². The molecule has 1 N–H and O–H groups in total. The van der Waals surface area contributed by atoms with E-state index in [2.05, 4.69) is 4.37 Å². The molecule has 0 bridgehead atoms. The molecule has 1 aliphatic heterocycles. The third-order valence-electron chi connectivity index (χ3n) is 5.58. The molecule has 1 fully saturated rings. The summed E-state index contributed by atoms with van der Waals surface area (Å²) >= 11 is 7.79. The van der Waals surface area contributed by atoms with Crippen LogP contribution in [-0.4, -0.2) is 22.4 Å². The van der Waals surface area contributed by atoms with Crippen LogP contribution in [0, 0.1) is 5.82 Å². The van der Waals surface area contributed by atoms with Crippen LogP contribution >= 0.6 is 23.1 Å². The van der Waals surface area contributed by atoms with E-state index in [1.165, 1.54) is 23.7 Å². The van der Waals surface area contributed by atoms with E-state index in [1.807, 2.05) is 42.5 Å². The average Bonchev–Trinajstić information content (AvgIpc) is 3.27. The van der Waals surface area contributed by atoms with E-state index in [9.17, 15) is 9.50 Å². The van der Waals surface area contributed by atoms with Gasteiger partial charge in [-0.05, 0) is 78.0 Å². The zero-order valence-electron chi connectivity index (χ0n) is 17.6. The highest BCUT2D eigenvalue weighted by Gasteiger charge is 2.21. The molecule has 0 radical (unpaired) electrons. The molecular formula is C26H21ClFNO3S. The molecule has 5 rings (SSSR count). The Bertz CT molecular complexity index is 1270. The molecule has 0 spiro atoms. The highest BCUT2D eigenvalue weighted by atomic mass is 35.5. The van der Waals surface area contributed by atoms with E-state index in [0.29, 0.717) is 16.3 Å². The summed E-state index contributed by atoms with van der Waals surface area (Å²) in [5.41, 5.74) is 3.73. The maximum Gasteiger partial charge on any atom is 0.199 e. The molecule has 3 aromatic carbocycles. The lowest BCUT2D eigenvalue weighted by Gasteiger charge is -2.23. The molecule has 7 heteroatoms. The Kier molecular flexibility index (Phi) is 6.31. The third-order valence-corrected chi connectivity index (χ3v) is 6.81. The van der Waals surface area contributed by atoms with E-state index >= 15 is 0 Å². The fourth-order valence-electron chi connectivity index (χ4n) is 3.90. The molecule has 0 aliphatic carbocycles. The predicted molar refractivity (Wildman–Crippen MR) is 129 cm³/mol. The molecule has 4 nitrogen and oxygen atoms in total. The second-order valence-corrected chi connectivity index (χ2v) is 9.00. The quantitative estimate of drug-likeness (QED) is 0.319. The molecule has 4 aromatic rings. The molecule has 0 saturated carbocycles. The van der Waals surface area contributed by atoms with E-state index in [4.69, 9.17) is 21.1 Å². The summed E-state index contributed by atoms with van der Waals surface area (Å²) in [5.74, 6) is -0.348. The topological polar surface area (TPSA) is 51.6 Å². The molecule has 1 unspecified atom stereocenters. The van der Waals surface area contributed by atoms with Crippen LogP contribution in [-0.2, 0) is 4.74 Å². The van der Waals surface area contributed by atoms with Crippen LogP contribution in [0.5, 0.6) is 11.5 Å². The number of phenols is 1. The van der Waals surface area contributed by atoms with Crippen molar-refractivity contribution in [2.24, 2.45) is 0 Å². The standard InChI is InChI=1S/C26H21ClFNO3S/c27-20-6-2-1-5-19(20)25-24(17-10-13-22(30)21(28)15-17)26(33-29-25)16-8-11-18(12-9-16)32-23-7-3-4-14-31-23/h1-2,5-6,8-13,15,23,30H,3-4,7,14H2.